The van der Waals surface area contributed by atoms with Crippen molar-refractivity contribution in [3.63, 3.8) is 0 Å². The van der Waals surface area contributed by atoms with Gasteiger partial charge < -0.3 is 14.8 Å². The van der Waals surface area contributed by atoms with E-state index in [4.69, 9.17) is 26.2 Å². The highest BCUT2D eigenvalue weighted by Crippen LogP contribution is 2.36. The molecule has 6 nitrogen and oxygen atoms in total. The van der Waals surface area contributed by atoms with E-state index >= 15 is 0 Å². The second kappa shape index (κ2) is 9.69. The molecule has 0 unspecified atom stereocenters. The van der Waals surface area contributed by atoms with E-state index in [0.29, 0.717) is 11.7 Å². The minimum absolute atomic E-state index is 0.00149. The number of ether oxygens (including phenoxy) is 2. The van der Waals surface area contributed by atoms with Crippen LogP contribution in [-0.2, 0) is 12.7 Å². The number of hydrogen-bond acceptors (Lipinski definition) is 4. The van der Waals surface area contributed by atoms with Crippen LogP contribution in [0.25, 0.3) is 11.3 Å². The summed E-state index contributed by atoms with van der Waals surface area (Å²) in [5, 5.41) is 7.65. The number of nitrogens with one attached hydrogen (secondary N) is 1. The third kappa shape index (κ3) is 5.16. The lowest BCUT2D eigenvalue weighted by Gasteiger charge is -2.29. The average Bonchev–Trinajstić information content (AvgIpc) is 3.45. The second-order valence-corrected chi connectivity index (χ2v) is 9.71. The molecule has 1 aliphatic carbocycles. The van der Waals surface area contributed by atoms with E-state index in [0.717, 1.165) is 73.1 Å². The molecule has 190 valence electrons. The summed E-state index contributed by atoms with van der Waals surface area (Å²) < 4.78 is 51.9. The van der Waals surface area contributed by atoms with Gasteiger partial charge in [0.2, 0.25) is 6.79 Å². The Morgan fingerprint density at radius 2 is 1.83 bits per heavy atom. The van der Waals surface area contributed by atoms with Gasteiger partial charge in [0.25, 0.3) is 5.91 Å². The van der Waals surface area contributed by atoms with Crippen LogP contribution in [0.5, 0.6) is 11.5 Å². The van der Waals surface area contributed by atoms with Gasteiger partial charge in [-0.3, -0.25) is 9.48 Å². The lowest BCUT2D eigenvalue weighted by Crippen LogP contribution is -2.38. The van der Waals surface area contributed by atoms with Gasteiger partial charge in [-0.15, -0.1) is 0 Å². The summed E-state index contributed by atoms with van der Waals surface area (Å²) in [6.45, 7) is 3.01. The molecule has 0 atom stereocenters. The van der Waals surface area contributed by atoms with Crippen LogP contribution in [0.2, 0.25) is 5.02 Å². The SMILES string of the molecule is Cc1cc(-c2ccc3c(c2)OCO3)nn1C[C@H]1CC[C@H](NC(=O)c2cc(C(F)(F)F)ccc2Cl)CC1. The Kier molecular flexibility index (Phi) is 6.59. The fourth-order valence-corrected chi connectivity index (χ4v) is 4.97. The van der Waals surface area contributed by atoms with Gasteiger partial charge in [-0.1, -0.05) is 11.6 Å². The maximum absolute atomic E-state index is 13.0. The molecule has 1 fully saturated rings. The Hall–Kier alpha value is -3.20. The molecule has 1 aliphatic heterocycles. The van der Waals surface area contributed by atoms with Gasteiger partial charge in [0.15, 0.2) is 11.5 Å². The molecule has 1 aromatic heterocycles. The van der Waals surface area contributed by atoms with Crippen LogP contribution in [-0.4, -0.2) is 28.5 Å². The summed E-state index contributed by atoms with van der Waals surface area (Å²) >= 11 is 6.01. The summed E-state index contributed by atoms with van der Waals surface area (Å²) in [6, 6.07) is 10.5. The van der Waals surface area contributed by atoms with Gasteiger partial charge in [-0.2, -0.15) is 18.3 Å². The predicted molar refractivity (Wildman–Crippen MR) is 128 cm³/mol. The van der Waals surface area contributed by atoms with Crippen molar-refractivity contribution in [2.45, 2.75) is 51.4 Å². The van der Waals surface area contributed by atoms with Crippen LogP contribution in [0, 0.1) is 12.8 Å². The zero-order chi connectivity index (χ0) is 25.4. The third-order valence-electron chi connectivity index (χ3n) is 6.80. The first-order valence-corrected chi connectivity index (χ1v) is 12.2. The van der Waals surface area contributed by atoms with Gasteiger partial charge >= 0.3 is 6.18 Å². The normalized spacial score (nSPS) is 19.4. The van der Waals surface area contributed by atoms with Crippen LogP contribution >= 0.6 is 11.6 Å². The lowest BCUT2D eigenvalue weighted by atomic mass is 9.86. The number of aryl methyl sites for hydroxylation is 1. The predicted octanol–water partition coefficient (Wildman–Crippen LogP) is 6.25. The third-order valence-corrected chi connectivity index (χ3v) is 7.13. The van der Waals surface area contributed by atoms with Crippen molar-refractivity contribution in [2.75, 3.05) is 6.79 Å². The van der Waals surface area contributed by atoms with Crippen LogP contribution in [0.3, 0.4) is 0 Å². The van der Waals surface area contributed by atoms with Crippen molar-refractivity contribution >= 4 is 17.5 Å². The number of benzene rings is 2. The average molecular weight is 520 g/mol. The topological polar surface area (TPSA) is 65.4 Å². The molecule has 0 spiro atoms. The number of hydrogen-bond donors (Lipinski definition) is 1. The van der Waals surface area contributed by atoms with Gasteiger partial charge in [0.1, 0.15) is 0 Å². The van der Waals surface area contributed by atoms with Crippen LogP contribution < -0.4 is 14.8 Å². The van der Waals surface area contributed by atoms with Crippen molar-refractivity contribution in [2.24, 2.45) is 5.92 Å². The van der Waals surface area contributed by atoms with Gasteiger partial charge in [-0.25, -0.2) is 0 Å². The van der Waals surface area contributed by atoms with Crippen molar-refractivity contribution in [3.8, 4) is 22.8 Å². The lowest BCUT2D eigenvalue weighted by molar-refractivity contribution is -0.137. The van der Waals surface area contributed by atoms with Gasteiger partial charge in [-0.05, 0) is 81.0 Å². The molecular weight excluding hydrogens is 495 g/mol. The number of alkyl halides is 3. The van der Waals surface area contributed by atoms with Crippen LogP contribution in [0.4, 0.5) is 13.2 Å². The fourth-order valence-electron chi connectivity index (χ4n) is 4.76. The molecule has 2 aliphatic rings. The molecule has 10 heteroatoms. The first-order chi connectivity index (χ1) is 17.2. The van der Waals surface area contributed by atoms with Gasteiger partial charge in [0, 0.05) is 23.8 Å². The molecule has 0 saturated heterocycles. The maximum Gasteiger partial charge on any atom is 0.416 e. The number of carbonyl (C=O) groups is 1. The molecule has 36 heavy (non-hydrogen) atoms. The van der Waals surface area contributed by atoms with Gasteiger partial charge in [0.05, 0.1) is 21.8 Å². The number of rotatable bonds is 5. The van der Waals surface area contributed by atoms with Crippen LogP contribution in [0.1, 0.15) is 47.3 Å². The summed E-state index contributed by atoms with van der Waals surface area (Å²) in [4.78, 5) is 12.6. The number of amides is 1. The Morgan fingerprint density at radius 1 is 1.08 bits per heavy atom. The standard InChI is InChI=1S/C26H25ClF3N3O3/c1-15-10-22(17-4-9-23-24(11-17)36-14-35-23)32-33(15)13-16-2-6-19(7-3-16)31-25(34)20-12-18(26(28,29)30)5-8-21(20)27/h4-5,8-12,16,19H,2-3,6-7,13-14H2,1H3,(H,31,34)/t16-,19-. The molecule has 5 rings (SSSR count). The fraction of sp³-hybridized carbons (Fsp3) is 0.385. The minimum atomic E-state index is -4.54. The molecule has 1 N–H and O–H groups in total. The minimum Gasteiger partial charge on any atom is -0.454 e. The molecule has 1 amide bonds. The number of nitrogens with zero attached hydrogens (tertiary/aromatic N) is 2. The number of halogens is 4. The van der Waals surface area contributed by atoms with E-state index < -0.39 is 17.6 Å². The Morgan fingerprint density at radius 3 is 2.58 bits per heavy atom. The van der Waals surface area contributed by atoms with E-state index in [1.54, 1.807) is 0 Å². The molecule has 0 radical (unpaired) electrons. The summed E-state index contributed by atoms with van der Waals surface area (Å²) in [5.41, 5.74) is 1.83. The first kappa shape index (κ1) is 24.5. The Bertz CT molecular complexity index is 1280. The Balaban J connectivity index is 1.18. The highest BCUT2D eigenvalue weighted by Gasteiger charge is 2.32. The van der Waals surface area contributed by atoms with Crippen LogP contribution in [0.15, 0.2) is 42.5 Å². The number of carbonyl (C=O) groups excluding carboxylic acids is 1. The highest BCUT2D eigenvalue weighted by atomic mass is 35.5. The first-order valence-electron chi connectivity index (χ1n) is 11.8. The smallest absolute Gasteiger partial charge is 0.416 e. The largest absolute Gasteiger partial charge is 0.454 e. The monoisotopic (exact) mass is 519 g/mol. The maximum atomic E-state index is 13.0. The molecule has 0 bridgehead atoms. The van der Waals surface area contributed by atoms with Crippen molar-refractivity contribution in [1.82, 2.24) is 15.1 Å². The van der Waals surface area contributed by atoms with E-state index in [-0.39, 0.29) is 23.4 Å². The van der Waals surface area contributed by atoms with Crippen molar-refractivity contribution in [1.29, 1.82) is 0 Å². The quantitative estimate of drug-likeness (QED) is 0.433. The zero-order valence-corrected chi connectivity index (χ0v) is 20.3. The van der Waals surface area contributed by atoms with E-state index in [1.165, 1.54) is 0 Å². The van der Waals surface area contributed by atoms with E-state index in [1.807, 2.05) is 35.9 Å². The Labute approximate surface area is 211 Å². The zero-order valence-electron chi connectivity index (χ0n) is 19.6. The molecular formula is C26H25ClF3N3O3. The van der Waals surface area contributed by atoms with E-state index in [9.17, 15) is 18.0 Å². The summed E-state index contributed by atoms with van der Waals surface area (Å²) in [5.74, 6) is 1.25. The summed E-state index contributed by atoms with van der Waals surface area (Å²) in [7, 11) is 0. The van der Waals surface area contributed by atoms with Crippen molar-refractivity contribution in [3.05, 3.63) is 64.3 Å². The second-order valence-electron chi connectivity index (χ2n) is 9.30. The highest BCUT2D eigenvalue weighted by molar-refractivity contribution is 6.33. The van der Waals surface area contributed by atoms with Crippen molar-refractivity contribution < 1.29 is 27.4 Å². The summed E-state index contributed by atoms with van der Waals surface area (Å²) in [6.07, 6.45) is -1.31. The van der Waals surface area contributed by atoms with E-state index in [2.05, 4.69) is 5.32 Å². The molecule has 1 saturated carbocycles. The molecule has 2 heterocycles. The molecule has 3 aromatic rings. The number of aromatic nitrogens is 2. The molecule has 2 aromatic carbocycles. The number of fused-ring (bicyclic) bond motifs is 1.